The van der Waals surface area contributed by atoms with Crippen molar-refractivity contribution >= 4 is 5.69 Å². The molecule has 0 aromatic heterocycles. The summed E-state index contributed by atoms with van der Waals surface area (Å²) < 4.78 is 0. The van der Waals surface area contributed by atoms with E-state index in [0.29, 0.717) is 0 Å². The third kappa shape index (κ3) is 6.28. The molecule has 0 spiro atoms. The van der Waals surface area contributed by atoms with Crippen LogP contribution in [0, 0.1) is 0 Å². The van der Waals surface area contributed by atoms with Crippen molar-refractivity contribution in [1.82, 2.24) is 0 Å². The minimum Gasteiger partial charge on any atom is -0.385 e. The van der Waals surface area contributed by atoms with E-state index >= 15 is 0 Å². The molecule has 0 fully saturated rings. The average Bonchev–Trinajstić information content (AvgIpc) is 2.34. The van der Waals surface area contributed by atoms with Gasteiger partial charge in [-0.15, -0.1) is 0 Å². The molecule has 1 aromatic carbocycles. The minimum absolute atomic E-state index is 1.08. The maximum atomic E-state index is 3.43. The zero-order valence-corrected chi connectivity index (χ0v) is 10.3. The molecule has 1 rings (SSSR count). The van der Waals surface area contributed by atoms with E-state index in [1.807, 2.05) is 6.07 Å². The van der Waals surface area contributed by atoms with E-state index < -0.39 is 0 Å². The molecule has 1 N–H and O–H groups in total. The van der Waals surface area contributed by atoms with Crippen molar-refractivity contribution < 1.29 is 0 Å². The van der Waals surface area contributed by atoms with Crippen LogP contribution in [0.15, 0.2) is 42.5 Å². The molecule has 0 amide bonds. The smallest absolute Gasteiger partial charge is 0.0340 e. The Bertz CT molecular complexity index is 277. The SMILES string of the molecule is CCC=CCCCCCNc1ccccc1. The molecule has 0 bridgehead atoms. The molecule has 0 heterocycles. The predicted octanol–water partition coefficient (Wildman–Crippen LogP) is 4.63. The van der Waals surface area contributed by atoms with Crippen LogP contribution in [0.1, 0.15) is 39.0 Å². The largest absolute Gasteiger partial charge is 0.385 e. The molecule has 0 aliphatic heterocycles. The third-order valence-electron chi connectivity index (χ3n) is 2.55. The Hall–Kier alpha value is -1.24. The van der Waals surface area contributed by atoms with E-state index in [-0.39, 0.29) is 0 Å². The van der Waals surface area contributed by atoms with Gasteiger partial charge in [0.2, 0.25) is 0 Å². The molecular formula is C15H23N. The van der Waals surface area contributed by atoms with Crippen LogP contribution in [-0.4, -0.2) is 6.54 Å². The van der Waals surface area contributed by atoms with Crippen LogP contribution in [0.3, 0.4) is 0 Å². The van der Waals surface area contributed by atoms with Crippen LogP contribution in [0.4, 0.5) is 5.69 Å². The van der Waals surface area contributed by atoms with E-state index in [1.54, 1.807) is 0 Å². The molecule has 88 valence electrons. The van der Waals surface area contributed by atoms with Gasteiger partial charge in [-0.1, -0.05) is 43.7 Å². The maximum absolute atomic E-state index is 3.43. The summed E-state index contributed by atoms with van der Waals surface area (Å²) in [6, 6.07) is 10.4. The number of benzene rings is 1. The Labute approximate surface area is 99.6 Å². The van der Waals surface area contributed by atoms with Gasteiger partial charge < -0.3 is 5.32 Å². The van der Waals surface area contributed by atoms with Crippen LogP contribution in [0.25, 0.3) is 0 Å². The van der Waals surface area contributed by atoms with Crippen LogP contribution in [0.5, 0.6) is 0 Å². The number of anilines is 1. The zero-order valence-electron chi connectivity index (χ0n) is 10.3. The summed E-state index contributed by atoms with van der Waals surface area (Å²) in [6.07, 6.45) is 10.8. The summed E-state index contributed by atoms with van der Waals surface area (Å²) >= 11 is 0. The van der Waals surface area contributed by atoms with E-state index in [4.69, 9.17) is 0 Å². The average molecular weight is 217 g/mol. The highest BCUT2D eigenvalue weighted by Crippen LogP contribution is 2.06. The molecule has 0 saturated carbocycles. The van der Waals surface area contributed by atoms with E-state index in [1.165, 1.54) is 31.4 Å². The van der Waals surface area contributed by atoms with Gasteiger partial charge in [0, 0.05) is 12.2 Å². The van der Waals surface area contributed by atoms with Crippen LogP contribution in [-0.2, 0) is 0 Å². The first-order valence-corrected chi connectivity index (χ1v) is 6.37. The van der Waals surface area contributed by atoms with Crippen molar-refractivity contribution in [2.75, 3.05) is 11.9 Å². The minimum atomic E-state index is 1.08. The Morgan fingerprint density at radius 3 is 2.56 bits per heavy atom. The molecule has 16 heavy (non-hydrogen) atoms. The van der Waals surface area contributed by atoms with Gasteiger partial charge in [-0.2, -0.15) is 0 Å². The van der Waals surface area contributed by atoms with Crippen molar-refractivity contribution in [3.8, 4) is 0 Å². The van der Waals surface area contributed by atoms with Crippen molar-refractivity contribution in [3.05, 3.63) is 42.5 Å². The zero-order chi connectivity index (χ0) is 11.5. The number of nitrogens with one attached hydrogen (secondary N) is 1. The van der Waals surface area contributed by atoms with Crippen LogP contribution < -0.4 is 5.32 Å². The molecule has 0 aliphatic carbocycles. The molecule has 1 aromatic rings. The van der Waals surface area contributed by atoms with Gasteiger partial charge in [0.15, 0.2) is 0 Å². The molecule has 1 nitrogen and oxygen atoms in total. The molecule has 1 heteroatoms. The third-order valence-corrected chi connectivity index (χ3v) is 2.55. The number of rotatable bonds is 8. The Morgan fingerprint density at radius 1 is 1.00 bits per heavy atom. The van der Waals surface area contributed by atoms with Crippen molar-refractivity contribution in [3.63, 3.8) is 0 Å². The Morgan fingerprint density at radius 2 is 1.81 bits per heavy atom. The number of allylic oxidation sites excluding steroid dienone is 2. The molecule has 0 unspecified atom stereocenters. The highest BCUT2D eigenvalue weighted by Gasteiger charge is 1.90. The lowest BCUT2D eigenvalue weighted by Crippen LogP contribution is -2.00. The van der Waals surface area contributed by atoms with Gasteiger partial charge >= 0.3 is 0 Å². The number of hydrogen-bond acceptors (Lipinski definition) is 1. The molecule has 0 atom stereocenters. The van der Waals surface area contributed by atoms with Gasteiger partial charge in [0.05, 0.1) is 0 Å². The summed E-state index contributed by atoms with van der Waals surface area (Å²) in [5, 5.41) is 3.43. The molecular weight excluding hydrogens is 194 g/mol. The highest BCUT2D eigenvalue weighted by atomic mass is 14.9. The van der Waals surface area contributed by atoms with Crippen molar-refractivity contribution in [1.29, 1.82) is 0 Å². The second-order valence-corrected chi connectivity index (χ2v) is 4.02. The van der Waals surface area contributed by atoms with Crippen LogP contribution in [0.2, 0.25) is 0 Å². The van der Waals surface area contributed by atoms with E-state index in [2.05, 4.69) is 48.7 Å². The fraction of sp³-hybridized carbons (Fsp3) is 0.467. The lowest BCUT2D eigenvalue weighted by atomic mass is 10.2. The predicted molar refractivity (Wildman–Crippen MR) is 72.8 cm³/mol. The van der Waals surface area contributed by atoms with Gasteiger partial charge in [0.25, 0.3) is 0 Å². The van der Waals surface area contributed by atoms with Crippen molar-refractivity contribution in [2.24, 2.45) is 0 Å². The topological polar surface area (TPSA) is 12.0 Å². The summed E-state index contributed by atoms with van der Waals surface area (Å²) in [5.74, 6) is 0. The Balaban J connectivity index is 1.94. The van der Waals surface area contributed by atoms with E-state index in [0.717, 1.165) is 13.0 Å². The van der Waals surface area contributed by atoms with E-state index in [9.17, 15) is 0 Å². The number of para-hydroxylation sites is 1. The fourth-order valence-corrected chi connectivity index (χ4v) is 1.64. The standard InChI is InChI=1S/C15H23N/c1-2-3-4-5-6-7-11-14-16-15-12-9-8-10-13-15/h3-4,8-10,12-13,16H,2,5-7,11,14H2,1H3. The normalized spacial score (nSPS) is 10.8. The highest BCUT2D eigenvalue weighted by molar-refractivity contribution is 5.42. The molecule has 0 aliphatic rings. The monoisotopic (exact) mass is 217 g/mol. The number of hydrogen-bond donors (Lipinski definition) is 1. The second-order valence-electron chi connectivity index (χ2n) is 4.02. The van der Waals surface area contributed by atoms with Crippen molar-refractivity contribution in [2.45, 2.75) is 39.0 Å². The van der Waals surface area contributed by atoms with Gasteiger partial charge in [-0.3, -0.25) is 0 Å². The first kappa shape index (κ1) is 12.8. The van der Waals surface area contributed by atoms with Gasteiger partial charge in [-0.05, 0) is 37.8 Å². The first-order chi connectivity index (χ1) is 7.93. The summed E-state index contributed by atoms with van der Waals surface area (Å²) in [6.45, 7) is 3.27. The molecule has 0 radical (unpaired) electrons. The van der Waals surface area contributed by atoms with Gasteiger partial charge in [0.1, 0.15) is 0 Å². The summed E-state index contributed by atoms with van der Waals surface area (Å²) in [5.41, 5.74) is 1.23. The second kappa shape index (κ2) is 9.02. The first-order valence-electron chi connectivity index (χ1n) is 6.37. The number of unbranched alkanes of at least 4 members (excludes halogenated alkanes) is 3. The van der Waals surface area contributed by atoms with Crippen LogP contribution >= 0.6 is 0 Å². The quantitative estimate of drug-likeness (QED) is 0.494. The lowest BCUT2D eigenvalue weighted by Gasteiger charge is -2.05. The lowest BCUT2D eigenvalue weighted by molar-refractivity contribution is 0.707. The summed E-state index contributed by atoms with van der Waals surface area (Å²) in [4.78, 5) is 0. The van der Waals surface area contributed by atoms with Gasteiger partial charge in [-0.25, -0.2) is 0 Å². The summed E-state index contributed by atoms with van der Waals surface area (Å²) in [7, 11) is 0. The molecule has 0 saturated heterocycles. The maximum Gasteiger partial charge on any atom is 0.0340 e. The Kier molecular flexibility index (Phi) is 7.23. The fourth-order valence-electron chi connectivity index (χ4n) is 1.64.